The summed E-state index contributed by atoms with van der Waals surface area (Å²) in [5.74, 6) is 1.08. The number of aromatic nitrogens is 2. The highest BCUT2D eigenvalue weighted by Gasteiger charge is 2.29. The number of nitrogens with zero attached hydrogens (tertiary/aromatic N) is 2. The summed E-state index contributed by atoms with van der Waals surface area (Å²) in [4.78, 5) is 31.5. The molecular weight excluding hydrogens is 510 g/mol. The zero-order valence-electron chi connectivity index (χ0n) is 23.1. The minimum absolute atomic E-state index is 0.0502. The van der Waals surface area contributed by atoms with Crippen LogP contribution in [0.4, 0.5) is 5.69 Å². The van der Waals surface area contributed by atoms with Gasteiger partial charge in [0.2, 0.25) is 0 Å². The van der Waals surface area contributed by atoms with E-state index in [-0.39, 0.29) is 23.8 Å². The van der Waals surface area contributed by atoms with E-state index >= 15 is 0 Å². The molecule has 1 fully saturated rings. The number of halogens is 1. The maximum Gasteiger partial charge on any atom is 0.255 e. The number of hydrogen-bond acceptors (Lipinski definition) is 4. The molecule has 204 valence electrons. The van der Waals surface area contributed by atoms with Crippen LogP contribution >= 0.6 is 11.6 Å². The fourth-order valence-corrected chi connectivity index (χ4v) is 6.37. The summed E-state index contributed by atoms with van der Waals surface area (Å²) < 4.78 is 7.80. The lowest BCUT2D eigenvalue weighted by atomic mass is 9.89. The Hall–Kier alpha value is -3.51. The molecule has 2 aromatic carbocycles. The highest BCUT2D eigenvalue weighted by molar-refractivity contribution is 6.30. The Kier molecular flexibility index (Phi) is 7.85. The Morgan fingerprint density at radius 2 is 1.79 bits per heavy atom. The molecule has 0 amide bonds. The molecule has 7 heteroatoms. The number of nitrogens with one attached hydrogen (secondary N) is 1. The smallest absolute Gasteiger partial charge is 0.255 e. The molecule has 2 aromatic heterocycles. The van der Waals surface area contributed by atoms with E-state index in [0.717, 1.165) is 58.8 Å². The number of anilines is 1. The molecular formula is C32H36ClN3O3. The van der Waals surface area contributed by atoms with Crippen molar-refractivity contribution in [3.8, 4) is 5.75 Å². The summed E-state index contributed by atoms with van der Waals surface area (Å²) in [7, 11) is 1.55. The largest absolute Gasteiger partial charge is 0.496 e. The molecule has 1 N–H and O–H groups in total. The van der Waals surface area contributed by atoms with Gasteiger partial charge in [-0.15, -0.1) is 0 Å². The number of ether oxygens (including phenoxy) is 1. The average Bonchev–Trinajstić information content (AvgIpc) is 3.23. The standard InChI is InChI=1S/C32H36ClN3O3/c1-20-19-30(39-4)27(32(38)34-20)13-14-29(37)31-22(3)36(28-8-6-5-7-26(28)31)21(2)23-15-17-35(18-16-23)25-11-9-24(33)10-12-25/h5-12,19,21,23H,13-18H2,1-4H3,(H,34,38)/t21-/m1/s1. The number of benzene rings is 2. The molecule has 1 aliphatic heterocycles. The lowest BCUT2D eigenvalue weighted by Crippen LogP contribution is -2.36. The van der Waals surface area contributed by atoms with Crippen molar-refractivity contribution in [3.05, 3.63) is 92.5 Å². The summed E-state index contributed by atoms with van der Waals surface area (Å²) in [6.07, 6.45) is 2.73. The van der Waals surface area contributed by atoms with Crippen molar-refractivity contribution in [2.24, 2.45) is 5.92 Å². The van der Waals surface area contributed by atoms with Crippen molar-refractivity contribution in [1.29, 1.82) is 0 Å². The third kappa shape index (κ3) is 5.35. The molecule has 1 atom stereocenters. The van der Waals surface area contributed by atoms with Crippen LogP contribution in [0.5, 0.6) is 5.75 Å². The summed E-state index contributed by atoms with van der Waals surface area (Å²) in [6.45, 7) is 8.15. The van der Waals surface area contributed by atoms with Crippen molar-refractivity contribution >= 4 is 34.0 Å². The van der Waals surface area contributed by atoms with Crippen molar-refractivity contribution in [3.63, 3.8) is 0 Å². The van der Waals surface area contributed by atoms with Gasteiger partial charge in [-0.2, -0.15) is 0 Å². The lowest BCUT2D eigenvalue weighted by molar-refractivity contribution is 0.0983. The maximum atomic E-state index is 13.7. The first-order chi connectivity index (χ1) is 18.8. The Balaban J connectivity index is 1.37. The van der Waals surface area contributed by atoms with Gasteiger partial charge in [0.1, 0.15) is 5.75 Å². The molecule has 39 heavy (non-hydrogen) atoms. The quantitative estimate of drug-likeness (QED) is 0.244. The number of carbonyl (C=O) groups is 1. The normalized spacial score (nSPS) is 15.1. The van der Waals surface area contributed by atoms with Gasteiger partial charge < -0.3 is 19.2 Å². The SMILES string of the molecule is COc1cc(C)[nH]c(=O)c1CCC(=O)c1c(C)n([C@H](C)C2CCN(c3ccc(Cl)cc3)CC2)c2ccccc12. The van der Waals surface area contributed by atoms with Crippen LogP contribution in [0.25, 0.3) is 10.9 Å². The fraction of sp³-hybridized carbons (Fsp3) is 0.375. The van der Waals surface area contributed by atoms with Crippen molar-refractivity contribution in [2.75, 3.05) is 25.1 Å². The molecule has 0 aliphatic carbocycles. The molecule has 0 bridgehead atoms. The molecule has 5 rings (SSSR count). The number of rotatable bonds is 8. The molecule has 4 aromatic rings. The number of para-hydroxylation sites is 1. The van der Waals surface area contributed by atoms with Gasteiger partial charge in [0.15, 0.2) is 5.78 Å². The predicted octanol–water partition coefficient (Wildman–Crippen LogP) is 6.90. The zero-order chi connectivity index (χ0) is 27.7. The predicted molar refractivity (Wildman–Crippen MR) is 159 cm³/mol. The number of ketones is 1. The fourth-order valence-electron chi connectivity index (χ4n) is 6.24. The van der Waals surface area contributed by atoms with Crippen molar-refractivity contribution in [1.82, 2.24) is 9.55 Å². The maximum absolute atomic E-state index is 13.7. The van der Waals surface area contributed by atoms with Gasteiger partial charge in [0.05, 0.1) is 12.7 Å². The van der Waals surface area contributed by atoms with E-state index in [4.69, 9.17) is 16.3 Å². The molecule has 6 nitrogen and oxygen atoms in total. The average molecular weight is 546 g/mol. The van der Waals surface area contributed by atoms with Crippen LogP contribution in [-0.2, 0) is 6.42 Å². The third-order valence-corrected chi connectivity index (χ3v) is 8.56. The van der Waals surface area contributed by atoms with Crippen molar-refractivity contribution in [2.45, 2.75) is 52.5 Å². The van der Waals surface area contributed by atoms with E-state index in [2.05, 4.69) is 46.5 Å². The lowest BCUT2D eigenvalue weighted by Gasteiger charge is -2.37. The van der Waals surface area contributed by atoms with Gasteiger partial charge >= 0.3 is 0 Å². The van der Waals surface area contributed by atoms with Crippen LogP contribution in [0.3, 0.4) is 0 Å². The second kappa shape index (κ2) is 11.3. The summed E-state index contributed by atoms with van der Waals surface area (Å²) in [5.41, 5.74) is 5.12. The van der Waals surface area contributed by atoms with Gasteiger partial charge in [-0.1, -0.05) is 29.8 Å². The van der Waals surface area contributed by atoms with E-state index in [1.165, 1.54) is 5.69 Å². The summed E-state index contributed by atoms with van der Waals surface area (Å²) in [6, 6.07) is 18.3. The third-order valence-electron chi connectivity index (χ3n) is 8.31. The number of hydrogen-bond donors (Lipinski definition) is 1. The van der Waals surface area contributed by atoms with Crippen LogP contribution in [-0.4, -0.2) is 35.5 Å². The topological polar surface area (TPSA) is 67.3 Å². The van der Waals surface area contributed by atoms with Gasteiger partial charge in [-0.3, -0.25) is 9.59 Å². The molecule has 0 spiro atoms. The van der Waals surface area contributed by atoms with E-state index in [1.54, 1.807) is 13.2 Å². The molecule has 3 heterocycles. The molecule has 0 unspecified atom stereocenters. The van der Waals surface area contributed by atoms with E-state index < -0.39 is 0 Å². The van der Waals surface area contributed by atoms with Gasteiger partial charge in [0.25, 0.3) is 5.56 Å². The van der Waals surface area contributed by atoms with Crippen molar-refractivity contribution < 1.29 is 9.53 Å². The summed E-state index contributed by atoms with van der Waals surface area (Å²) in [5, 5.41) is 1.74. The number of aryl methyl sites for hydroxylation is 1. The van der Waals surface area contributed by atoms with E-state index in [9.17, 15) is 9.59 Å². The monoisotopic (exact) mass is 545 g/mol. The molecule has 0 saturated carbocycles. The number of methoxy groups -OCH3 is 1. The van der Waals surface area contributed by atoms with Gasteiger partial charge in [-0.05, 0) is 82.3 Å². The number of carbonyl (C=O) groups excluding carboxylic acids is 1. The van der Waals surface area contributed by atoms with Crippen LogP contribution in [0.15, 0.2) is 59.4 Å². The zero-order valence-corrected chi connectivity index (χ0v) is 23.8. The first kappa shape index (κ1) is 27.1. The second-order valence-corrected chi connectivity index (χ2v) is 11.1. The van der Waals surface area contributed by atoms with E-state index in [1.807, 2.05) is 37.3 Å². The number of aromatic amines is 1. The first-order valence-electron chi connectivity index (χ1n) is 13.7. The van der Waals surface area contributed by atoms with Crippen LogP contribution in [0, 0.1) is 19.8 Å². The van der Waals surface area contributed by atoms with Crippen LogP contribution in [0.2, 0.25) is 5.02 Å². The molecule has 1 aliphatic rings. The first-order valence-corrected chi connectivity index (χ1v) is 14.1. The van der Waals surface area contributed by atoms with Crippen LogP contribution < -0.4 is 15.2 Å². The van der Waals surface area contributed by atoms with Gasteiger partial charge in [-0.25, -0.2) is 0 Å². The number of piperidine rings is 1. The minimum atomic E-state index is -0.197. The number of pyridine rings is 1. The minimum Gasteiger partial charge on any atom is -0.496 e. The molecule has 0 radical (unpaired) electrons. The number of H-pyrrole nitrogens is 1. The van der Waals surface area contributed by atoms with Crippen LogP contribution in [0.1, 0.15) is 59.5 Å². The number of fused-ring (bicyclic) bond motifs is 1. The number of Topliss-reactive ketones (excluding diaryl/α,β-unsaturated/α-hetero) is 1. The second-order valence-electron chi connectivity index (χ2n) is 10.6. The Bertz CT molecular complexity index is 1550. The summed E-state index contributed by atoms with van der Waals surface area (Å²) >= 11 is 6.08. The van der Waals surface area contributed by atoms with Gasteiger partial charge in [0, 0.05) is 64.1 Å². The van der Waals surface area contributed by atoms with E-state index in [0.29, 0.717) is 23.7 Å². The Morgan fingerprint density at radius 1 is 1.10 bits per heavy atom. The highest BCUT2D eigenvalue weighted by atomic mass is 35.5. The molecule has 1 saturated heterocycles. The Labute approximate surface area is 234 Å². The Morgan fingerprint density at radius 3 is 2.49 bits per heavy atom. The highest BCUT2D eigenvalue weighted by Crippen LogP contribution is 2.37.